The number of benzene rings is 1. The van der Waals surface area contributed by atoms with Crippen molar-refractivity contribution in [2.75, 3.05) is 0 Å². The average molecular weight is 159 g/mol. The van der Waals surface area contributed by atoms with Crippen LogP contribution in [0, 0.1) is 6.07 Å². The maximum Gasteiger partial charge on any atom is 0.250 e. The highest BCUT2D eigenvalue weighted by Crippen LogP contribution is 2.15. The third-order valence-corrected chi connectivity index (χ3v) is 1.76. The molecule has 0 atom stereocenters. The summed E-state index contributed by atoms with van der Waals surface area (Å²) in [6, 6.07) is 8.43. The molecule has 2 aromatic rings. The second kappa shape index (κ2) is 2.37. The van der Waals surface area contributed by atoms with Crippen molar-refractivity contribution in [2.24, 2.45) is 5.73 Å². The monoisotopic (exact) mass is 159 g/mol. The Labute approximate surface area is 69.2 Å². The number of nitrogens with two attached hydrogens (primary N) is 1. The van der Waals surface area contributed by atoms with Crippen molar-refractivity contribution in [1.29, 1.82) is 0 Å². The fraction of sp³-hybridized carbons (Fsp3) is 0. The molecule has 59 valence electrons. The molecule has 12 heavy (non-hydrogen) atoms. The van der Waals surface area contributed by atoms with Crippen LogP contribution in [0.2, 0.25) is 0 Å². The molecule has 1 radical (unpaired) electrons. The van der Waals surface area contributed by atoms with Crippen molar-refractivity contribution in [1.82, 2.24) is 4.98 Å². The smallest absolute Gasteiger partial charge is 0.250 e. The highest BCUT2D eigenvalue weighted by atomic mass is 16.1. The maximum atomic E-state index is 10.9. The Hall–Kier alpha value is -1.77. The Morgan fingerprint density at radius 2 is 2.42 bits per heavy atom. The SMILES string of the molecule is NC(=O)c1c[nH]c2ccc[c]c12. The van der Waals surface area contributed by atoms with Crippen LogP contribution >= 0.6 is 0 Å². The van der Waals surface area contributed by atoms with Crippen molar-refractivity contribution in [3.05, 3.63) is 36.0 Å². The molecule has 0 saturated carbocycles. The van der Waals surface area contributed by atoms with E-state index < -0.39 is 5.91 Å². The molecule has 0 aliphatic carbocycles. The molecule has 0 bridgehead atoms. The summed E-state index contributed by atoms with van der Waals surface area (Å²) < 4.78 is 0. The molecule has 1 aromatic heterocycles. The Morgan fingerprint density at radius 1 is 1.58 bits per heavy atom. The zero-order chi connectivity index (χ0) is 8.55. The number of rotatable bonds is 1. The molecule has 0 unspecified atom stereocenters. The molecule has 0 saturated heterocycles. The summed E-state index contributed by atoms with van der Waals surface area (Å²) in [6.07, 6.45) is 1.60. The van der Waals surface area contributed by atoms with E-state index in [9.17, 15) is 4.79 Å². The Morgan fingerprint density at radius 3 is 3.17 bits per heavy atom. The predicted octanol–water partition coefficient (Wildman–Crippen LogP) is 1.07. The van der Waals surface area contributed by atoms with E-state index in [0.717, 1.165) is 10.9 Å². The van der Waals surface area contributed by atoms with Gasteiger partial charge < -0.3 is 10.7 Å². The second-order valence-electron chi connectivity index (χ2n) is 2.53. The third-order valence-electron chi connectivity index (χ3n) is 1.76. The van der Waals surface area contributed by atoms with Gasteiger partial charge in [-0.2, -0.15) is 0 Å². The quantitative estimate of drug-likeness (QED) is 0.642. The van der Waals surface area contributed by atoms with Gasteiger partial charge in [0.15, 0.2) is 0 Å². The predicted molar refractivity (Wildman–Crippen MR) is 45.7 cm³/mol. The minimum atomic E-state index is -0.427. The van der Waals surface area contributed by atoms with Gasteiger partial charge in [-0.25, -0.2) is 0 Å². The van der Waals surface area contributed by atoms with Crippen molar-refractivity contribution < 1.29 is 4.79 Å². The van der Waals surface area contributed by atoms with E-state index in [-0.39, 0.29) is 0 Å². The zero-order valence-electron chi connectivity index (χ0n) is 6.29. The number of aromatic amines is 1. The van der Waals surface area contributed by atoms with Gasteiger partial charge in [-0.1, -0.05) is 12.1 Å². The third kappa shape index (κ3) is 0.871. The van der Waals surface area contributed by atoms with Crippen LogP contribution in [0.5, 0.6) is 0 Å². The summed E-state index contributed by atoms with van der Waals surface area (Å²) in [4.78, 5) is 13.8. The normalized spacial score (nSPS) is 10.3. The van der Waals surface area contributed by atoms with Gasteiger partial charge in [0.2, 0.25) is 0 Å². The number of primary amides is 1. The van der Waals surface area contributed by atoms with E-state index >= 15 is 0 Å². The number of hydrogen-bond acceptors (Lipinski definition) is 1. The molecular formula is C9H7N2O. The largest absolute Gasteiger partial charge is 0.366 e. The minimum Gasteiger partial charge on any atom is -0.366 e. The number of fused-ring (bicyclic) bond motifs is 1. The van der Waals surface area contributed by atoms with Gasteiger partial charge in [0.1, 0.15) is 0 Å². The van der Waals surface area contributed by atoms with Gasteiger partial charge in [-0.3, -0.25) is 4.79 Å². The van der Waals surface area contributed by atoms with Gasteiger partial charge >= 0.3 is 0 Å². The number of H-pyrrole nitrogens is 1. The zero-order valence-corrected chi connectivity index (χ0v) is 6.29. The van der Waals surface area contributed by atoms with Crippen LogP contribution < -0.4 is 5.73 Å². The van der Waals surface area contributed by atoms with Crippen molar-refractivity contribution in [3.63, 3.8) is 0 Å². The van der Waals surface area contributed by atoms with Gasteiger partial charge in [0.25, 0.3) is 5.91 Å². The van der Waals surface area contributed by atoms with E-state index in [0.29, 0.717) is 5.56 Å². The Bertz CT molecular complexity index is 431. The van der Waals surface area contributed by atoms with Crippen LogP contribution in [0.3, 0.4) is 0 Å². The highest BCUT2D eigenvalue weighted by Gasteiger charge is 2.06. The molecular weight excluding hydrogens is 152 g/mol. The topological polar surface area (TPSA) is 58.9 Å². The van der Waals surface area contributed by atoms with Crippen LogP contribution in [0.15, 0.2) is 24.4 Å². The summed E-state index contributed by atoms with van der Waals surface area (Å²) in [7, 11) is 0. The van der Waals surface area contributed by atoms with E-state index in [1.807, 2.05) is 12.1 Å². The van der Waals surface area contributed by atoms with Crippen LogP contribution in [0.1, 0.15) is 10.4 Å². The first-order chi connectivity index (χ1) is 5.79. The lowest BCUT2D eigenvalue weighted by atomic mass is 10.2. The van der Waals surface area contributed by atoms with Crippen LogP contribution in [-0.2, 0) is 0 Å². The molecule has 1 amide bonds. The number of amides is 1. The average Bonchev–Trinajstić information content (AvgIpc) is 2.47. The minimum absolute atomic E-state index is 0.427. The summed E-state index contributed by atoms with van der Waals surface area (Å²) >= 11 is 0. The highest BCUT2D eigenvalue weighted by molar-refractivity contribution is 6.05. The molecule has 2 rings (SSSR count). The maximum absolute atomic E-state index is 10.9. The molecule has 0 fully saturated rings. The van der Waals surface area contributed by atoms with E-state index in [4.69, 9.17) is 5.73 Å². The molecule has 1 heterocycles. The van der Waals surface area contributed by atoms with Crippen LogP contribution in [-0.4, -0.2) is 10.9 Å². The first-order valence-electron chi connectivity index (χ1n) is 3.56. The van der Waals surface area contributed by atoms with E-state index in [1.54, 1.807) is 12.3 Å². The van der Waals surface area contributed by atoms with Gasteiger partial charge in [0.05, 0.1) is 5.56 Å². The fourth-order valence-corrected chi connectivity index (χ4v) is 1.20. The number of carbonyl (C=O) groups is 1. The van der Waals surface area contributed by atoms with Crippen molar-refractivity contribution in [3.8, 4) is 0 Å². The van der Waals surface area contributed by atoms with Gasteiger partial charge in [-0.15, -0.1) is 0 Å². The first-order valence-corrected chi connectivity index (χ1v) is 3.56. The first kappa shape index (κ1) is 6.91. The van der Waals surface area contributed by atoms with Crippen molar-refractivity contribution >= 4 is 16.8 Å². The summed E-state index contributed by atoms with van der Waals surface area (Å²) in [5, 5.41) is 0.755. The molecule has 0 aliphatic heterocycles. The molecule has 3 heteroatoms. The number of nitrogens with one attached hydrogen (secondary N) is 1. The standard InChI is InChI=1S/C9H7N2O/c10-9(12)7-5-11-8-4-2-1-3-6(7)8/h1-2,4-5,11H,(H2,10,12). The van der Waals surface area contributed by atoms with Crippen molar-refractivity contribution in [2.45, 2.75) is 0 Å². The lowest BCUT2D eigenvalue weighted by Gasteiger charge is -1.89. The number of aromatic nitrogens is 1. The molecule has 3 N–H and O–H groups in total. The van der Waals surface area contributed by atoms with Gasteiger partial charge in [-0.05, 0) is 12.1 Å². The molecule has 0 spiro atoms. The fourth-order valence-electron chi connectivity index (χ4n) is 1.20. The number of hydrogen-bond donors (Lipinski definition) is 2. The van der Waals surface area contributed by atoms with E-state index in [1.165, 1.54) is 0 Å². The Kier molecular flexibility index (Phi) is 1.37. The summed E-state index contributed by atoms with van der Waals surface area (Å²) in [5.74, 6) is -0.427. The molecule has 0 aliphatic rings. The summed E-state index contributed by atoms with van der Waals surface area (Å²) in [5.41, 5.74) is 6.52. The van der Waals surface area contributed by atoms with Gasteiger partial charge in [0, 0.05) is 17.1 Å². The summed E-state index contributed by atoms with van der Waals surface area (Å²) in [6.45, 7) is 0. The number of carbonyl (C=O) groups excluding carboxylic acids is 1. The second-order valence-corrected chi connectivity index (χ2v) is 2.53. The van der Waals surface area contributed by atoms with E-state index in [2.05, 4.69) is 11.1 Å². The van der Waals surface area contributed by atoms with Crippen LogP contribution in [0.25, 0.3) is 10.9 Å². The molecule has 1 aromatic carbocycles. The van der Waals surface area contributed by atoms with Crippen LogP contribution in [0.4, 0.5) is 0 Å². The Balaban J connectivity index is 2.79. The lowest BCUT2D eigenvalue weighted by molar-refractivity contribution is 0.100. The lowest BCUT2D eigenvalue weighted by Crippen LogP contribution is -2.09. The molecule has 3 nitrogen and oxygen atoms in total.